The molecule has 1 rings (SSSR count). The first-order chi connectivity index (χ1) is 7.23. The van der Waals surface area contributed by atoms with Gasteiger partial charge in [-0.2, -0.15) is 0 Å². The number of allylic oxidation sites excluding steroid dienone is 2. The molecule has 90 valence electrons. The van der Waals surface area contributed by atoms with Crippen LogP contribution in [-0.4, -0.2) is 11.5 Å². The number of nitrogens with one attached hydrogen (secondary N) is 1. The third-order valence-electron chi connectivity index (χ3n) is 2.82. The van der Waals surface area contributed by atoms with Crippen molar-refractivity contribution < 1.29 is 4.79 Å². The van der Waals surface area contributed by atoms with Crippen LogP contribution in [0.5, 0.6) is 0 Å². The van der Waals surface area contributed by atoms with E-state index in [1.165, 1.54) is 0 Å². The number of ketones is 1. The summed E-state index contributed by atoms with van der Waals surface area (Å²) < 4.78 is 0. The van der Waals surface area contributed by atoms with Crippen LogP contribution in [0.4, 0.5) is 0 Å². The van der Waals surface area contributed by atoms with Crippen molar-refractivity contribution in [2.24, 2.45) is 17.1 Å². The van der Waals surface area contributed by atoms with Gasteiger partial charge in [0.2, 0.25) is 0 Å². The lowest BCUT2D eigenvalue weighted by Crippen LogP contribution is -2.32. The molecule has 3 N–H and O–H groups in total. The van der Waals surface area contributed by atoms with Gasteiger partial charge in [0.1, 0.15) is 0 Å². The summed E-state index contributed by atoms with van der Waals surface area (Å²) in [6, 6.07) is 0. The SMILES string of the molecule is CC(C)CC(=N)C1=C(N)CC(C)(C)CC1=O. The van der Waals surface area contributed by atoms with Crippen LogP contribution in [0.1, 0.15) is 47.0 Å². The molecule has 1 aliphatic rings. The molecule has 0 unspecified atom stereocenters. The Bertz CT molecular complexity index is 351. The topological polar surface area (TPSA) is 66.9 Å². The maximum Gasteiger partial charge on any atom is 0.166 e. The van der Waals surface area contributed by atoms with E-state index in [0.29, 0.717) is 42.2 Å². The third kappa shape index (κ3) is 2.94. The minimum Gasteiger partial charge on any atom is -0.401 e. The van der Waals surface area contributed by atoms with Crippen LogP contribution in [0.15, 0.2) is 11.3 Å². The maximum atomic E-state index is 12.0. The normalized spacial score (nSPS) is 20.4. The van der Waals surface area contributed by atoms with E-state index in [1.807, 2.05) is 27.7 Å². The van der Waals surface area contributed by atoms with Crippen molar-refractivity contribution in [2.75, 3.05) is 0 Å². The Balaban J connectivity index is 2.95. The number of carbonyl (C=O) groups is 1. The van der Waals surface area contributed by atoms with Crippen LogP contribution < -0.4 is 5.73 Å². The highest BCUT2D eigenvalue weighted by Crippen LogP contribution is 2.35. The summed E-state index contributed by atoms with van der Waals surface area (Å²) in [5, 5.41) is 7.95. The van der Waals surface area contributed by atoms with Gasteiger partial charge < -0.3 is 11.1 Å². The lowest BCUT2D eigenvalue weighted by atomic mass is 9.74. The van der Waals surface area contributed by atoms with Gasteiger partial charge in [0.05, 0.1) is 5.57 Å². The van der Waals surface area contributed by atoms with Crippen molar-refractivity contribution in [1.82, 2.24) is 0 Å². The molecule has 0 bridgehead atoms. The number of nitrogens with two attached hydrogens (primary N) is 1. The maximum absolute atomic E-state index is 12.0. The summed E-state index contributed by atoms with van der Waals surface area (Å²) in [5.41, 5.74) is 7.39. The van der Waals surface area contributed by atoms with Crippen molar-refractivity contribution in [3.8, 4) is 0 Å². The summed E-state index contributed by atoms with van der Waals surface area (Å²) >= 11 is 0. The van der Waals surface area contributed by atoms with Crippen LogP contribution in [0.2, 0.25) is 0 Å². The van der Waals surface area contributed by atoms with Crippen LogP contribution in [0.3, 0.4) is 0 Å². The smallest absolute Gasteiger partial charge is 0.166 e. The quantitative estimate of drug-likeness (QED) is 0.721. The van der Waals surface area contributed by atoms with Gasteiger partial charge in [-0.3, -0.25) is 4.79 Å². The van der Waals surface area contributed by atoms with E-state index in [0.717, 1.165) is 0 Å². The summed E-state index contributed by atoms with van der Waals surface area (Å²) in [4.78, 5) is 12.0. The Labute approximate surface area is 97.6 Å². The van der Waals surface area contributed by atoms with Crippen LogP contribution >= 0.6 is 0 Å². The molecule has 0 aromatic carbocycles. The zero-order chi connectivity index (χ0) is 12.5. The van der Waals surface area contributed by atoms with Crippen LogP contribution in [0, 0.1) is 16.7 Å². The predicted molar refractivity (Wildman–Crippen MR) is 66.4 cm³/mol. The standard InChI is InChI=1S/C13H22N2O/c1-8(2)5-9(14)12-10(15)6-13(3,4)7-11(12)16/h8,14H,5-7,15H2,1-4H3. The zero-order valence-corrected chi connectivity index (χ0v) is 10.7. The number of Topliss-reactive ketones (excluding diaryl/α,β-unsaturated/α-hetero) is 1. The molecule has 3 heteroatoms. The van der Waals surface area contributed by atoms with E-state index in [-0.39, 0.29) is 11.2 Å². The molecule has 0 radical (unpaired) electrons. The Morgan fingerprint density at radius 2 is 2.00 bits per heavy atom. The molecular weight excluding hydrogens is 200 g/mol. The van der Waals surface area contributed by atoms with E-state index in [1.54, 1.807) is 0 Å². The second-order valence-corrected chi connectivity index (χ2v) is 5.92. The first-order valence-electron chi connectivity index (χ1n) is 5.82. The summed E-state index contributed by atoms with van der Waals surface area (Å²) in [7, 11) is 0. The average molecular weight is 222 g/mol. The Morgan fingerprint density at radius 1 is 1.44 bits per heavy atom. The van der Waals surface area contributed by atoms with Gasteiger partial charge in [-0.1, -0.05) is 27.7 Å². The Hall–Kier alpha value is -1.12. The van der Waals surface area contributed by atoms with E-state index in [4.69, 9.17) is 11.1 Å². The second kappa shape index (κ2) is 4.40. The molecular formula is C13H22N2O. The van der Waals surface area contributed by atoms with E-state index in [2.05, 4.69) is 0 Å². The van der Waals surface area contributed by atoms with Gasteiger partial charge in [-0.15, -0.1) is 0 Å². The van der Waals surface area contributed by atoms with E-state index < -0.39 is 0 Å². The fourth-order valence-electron chi connectivity index (χ4n) is 2.24. The molecule has 0 amide bonds. The molecule has 0 atom stereocenters. The summed E-state index contributed by atoms with van der Waals surface area (Å²) in [6.45, 7) is 8.17. The summed E-state index contributed by atoms with van der Waals surface area (Å²) in [5.74, 6) is 0.426. The lowest BCUT2D eigenvalue weighted by molar-refractivity contribution is -0.117. The third-order valence-corrected chi connectivity index (χ3v) is 2.82. The molecule has 0 heterocycles. The highest BCUT2D eigenvalue weighted by Gasteiger charge is 2.33. The van der Waals surface area contributed by atoms with Gasteiger partial charge in [0, 0.05) is 17.8 Å². The Kier molecular flexibility index (Phi) is 3.56. The van der Waals surface area contributed by atoms with Crippen molar-refractivity contribution in [2.45, 2.75) is 47.0 Å². The van der Waals surface area contributed by atoms with Gasteiger partial charge in [0.25, 0.3) is 0 Å². The van der Waals surface area contributed by atoms with E-state index in [9.17, 15) is 4.79 Å². The number of hydrogen-bond acceptors (Lipinski definition) is 3. The number of carbonyl (C=O) groups excluding carboxylic acids is 1. The monoisotopic (exact) mass is 222 g/mol. The molecule has 16 heavy (non-hydrogen) atoms. The van der Waals surface area contributed by atoms with Gasteiger partial charge >= 0.3 is 0 Å². The van der Waals surface area contributed by atoms with Crippen molar-refractivity contribution >= 4 is 11.5 Å². The van der Waals surface area contributed by atoms with Crippen molar-refractivity contribution in [3.63, 3.8) is 0 Å². The number of rotatable bonds is 3. The largest absolute Gasteiger partial charge is 0.401 e. The van der Waals surface area contributed by atoms with Gasteiger partial charge in [-0.25, -0.2) is 0 Å². The van der Waals surface area contributed by atoms with Gasteiger partial charge in [0.15, 0.2) is 5.78 Å². The minimum absolute atomic E-state index is 0.0411. The molecule has 1 aliphatic carbocycles. The second-order valence-electron chi connectivity index (χ2n) is 5.92. The molecule has 0 fully saturated rings. The molecule has 0 aromatic heterocycles. The minimum atomic E-state index is -0.0528. The number of hydrogen-bond donors (Lipinski definition) is 2. The first kappa shape index (κ1) is 12.9. The Morgan fingerprint density at radius 3 is 2.44 bits per heavy atom. The predicted octanol–water partition coefficient (Wildman–Crippen LogP) is 2.65. The van der Waals surface area contributed by atoms with Crippen LogP contribution in [0.25, 0.3) is 0 Å². The first-order valence-corrected chi connectivity index (χ1v) is 5.82. The van der Waals surface area contributed by atoms with Crippen molar-refractivity contribution in [3.05, 3.63) is 11.3 Å². The molecule has 0 spiro atoms. The fraction of sp³-hybridized carbons (Fsp3) is 0.692. The molecule has 0 saturated carbocycles. The molecule has 0 aromatic rings. The van der Waals surface area contributed by atoms with Gasteiger partial charge in [-0.05, 0) is 24.2 Å². The van der Waals surface area contributed by atoms with Crippen molar-refractivity contribution in [1.29, 1.82) is 5.41 Å². The molecule has 3 nitrogen and oxygen atoms in total. The molecule has 0 saturated heterocycles. The zero-order valence-electron chi connectivity index (χ0n) is 10.7. The molecule has 0 aliphatic heterocycles. The highest BCUT2D eigenvalue weighted by atomic mass is 16.1. The summed E-state index contributed by atoms with van der Waals surface area (Å²) in [6.07, 6.45) is 1.85. The fourth-order valence-corrected chi connectivity index (χ4v) is 2.24. The lowest BCUT2D eigenvalue weighted by Gasteiger charge is -2.30. The van der Waals surface area contributed by atoms with E-state index >= 15 is 0 Å². The van der Waals surface area contributed by atoms with Crippen LogP contribution in [-0.2, 0) is 4.79 Å². The highest BCUT2D eigenvalue weighted by molar-refractivity contribution is 6.22. The average Bonchev–Trinajstić information content (AvgIpc) is 1.96.